The van der Waals surface area contributed by atoms with E-state index in [1.54, 1.807) is 6.07 Å². The summed E-state index contributed by atoms with van der Waals surface area (Å²) < 4.78 is 26.9. The average molecular weight is 363 g/mol. The van der Waals surface area contributed by atoms with Crippen LogP contribution < -0.4 is 4.72 Å². The second-order valence-electron chi connectivity index (χ2n) is 3.37. The normalized spacial score (nSPS) is 11.2. The first-order valence-corrected chi connectivity index (χ1v) is 8.01. The van der Waals surface area contributed by atoms with Crippen molar-refractivity contribution >= 4 is 48.9 Å². The fraction of sp³-hybridized carbons (Fsp3) is 0. The Hall–Kier alpha value is -1.45. The first-order chi connectivity index (χ1) is 8.92. The summed E-state index contributed by atoms with van der Waals surface area (Å²) >= 11 is 3.96. The number of aromatic carboxylic acids is 1. The van der Waals surface area contributed by atoms with E-state index in [1.807, 2.05) is 0 Å². The molecule has 0 unspecified atom stereocenters. The Morgan fingerprint density at radius 3 is 2.79 bits per heavy atom. The zero-order chi connectivity index (χ0) is 14.0. The van der Waals surface area contributed by atoms with Gasteiger partial charge >= 0.3 is 5.97 Å². The molecule has 0 saturated carbocycles. The molecule has 0 aromatic carbocycles. The molecule has 2 heterocycles. The maximum absolute atomic E-state index is 12.1. The van der Waals surface area contributed by atoms with Gasteiger partial charge in [-0.05, 0) is 39.5 Å². The van der Waals surface area contributed by atoms with Gasteiger partial charge in [0.1, 0.15) is 14.4 Å². The van der Waals surface area contributed by atoms with Gasteiger partial charge in [-0.25, -0.2) is 18.2 Å². The Morgan fingerprint density at radius 1 is 1.42 bits per heavy atom. The van der Waals surface area contributed by atoms with E-state index in [9.17, 15) is 13.2 Å². The Labute approximate surface area is 121 Å². The molecule has 100 valence electrons. The van der Waals surface area contributed by atoms with Gasteiger partial charge in [0.05, 0.1) is 5.69 Å². The van der Waals surface area contributed by atoms with Crippen LogP contribution in [0.25, 0.3) is 0 Å². The predicted molar refractivity (Wildman–Crippen MR) is 74.0 cm³/mol. The zero-order valence-corrected chi connectivity index (χ0v) is 12.4. The summed E-state index contributed by atoms with van der Waals surface area (Å²) in [6.45, 7) is 0. The van der Waals surface area contributed by atoms with E-state index < -0.39 is 16.0 Å². The number of pyridine rings is 1. The molecular formula is C10H7BrN2O4S2. The third kappa shape index (κ3) is 2.94. The highest BCUT2D eigenvalue weighted by Gasteiger charge is 2.24. The third-order valence-electron chi connectivity index (χ3n) is 2.12. The van der Waals surface area contributed by atoms with E-state index >= 15 is 0 Å². The van der Waals surface area contributed by atoms with Crippen LogP contribution in [0.5, 0.6) is 0 Å². The highest BCUT2D eigenvalue weighted by atomic mass is 79.9. The maximum Gasteiger partial charge on any atom is 0.347 e. The Balaban J connectivity index is 2.41. The van der Waals surface area contributed by atoms with Gasteiger partial charge in [-0.1, -0.05) is 0 Å². The average Bonchev–Trinajstić information content (AvgIpc) is 2.82. The zero-order valence-electron chi connectivity index (χ0n) is 9.20. The lowest BCUT2D eigenvalue weighted by molar-refractivity contribution is 0.0698. The van der Waals surface area contributed by atoms with Gasteiger partial charge in [0.25, 0.3) is 10.0 Å². The van der Waals surface area contributed by atoms with Crippen molar-refractivity contribution in [3.8, 4) is 0 Å². The van der Waals surface area contributed by atoms with Crippen LogP contribution in [0.2, 0.25) is 0 Å². The molecule has 0 fully saturated rings. The number of carboxylic acids is 1. The molecule has 0 aliphatic rings. The number of carboxylic acid groups (broad SMARTS) is 1. The van der Waals surface area contributed by atoms with Crippen LogP contribution in [0, 0.1) is 0 Å². The van der Waals surface area contributed by atoms with E-state index in [1.165, 1.54) is 23.7 Å². The van der Waals surface area contributed by atoms with Crippen molar-refractivity contribution in [2.24, 2.45) is 0 Å². The third-order valence-corrected chi connectivity index (χ3v) is 5.19. The second kappa shape index (κ2) is 5.27. The van der Waals surface area contributed by atoms with Crippen LogP contribution >= 0.6 is 27.3 Å². The van der Waals surface area contributed by atoms with Gasteiger partial charge < -0.3 is 5.11 Å². The Morgan fingerprint density at radius 2 is 2.16 bits per heavy atom. The van der Waals surface area contributed by atoms with Gasteiger partial charge in [-0.2, -0.15) is 0 Å². The van der Waals surface area contributed by atoms with Crippen molar-refractivity contribution in [3.63, 3.8) is 0 Å². The number of aromatic nitrogens is 1. The summed E-state index contributed by atoms with van der Waals surface area (Å²) in [6, 6.07) is 4.33. The van der Waals surface area contributed by atoms with Crippen molar-refractivity contribution in [2.45, 2.75) is 4.90 Å². The number of halogens is 1. The van der Waals surface area contributed by atoms with E-state index in [2.05, 4.69) is 25.6 Å². The molecular weight excluding hydrogens is 356 g/mol. The first kappa shape index (κ1) is 14.0. The number of rotatable bonds is 4. The largest absolute Gasteiger partial charge is 0.477 e. The smallest absolute Gasteiger partial charge is 0.347 e. The monoisotopic (exact) mass is 362 g/mol. The summed E-state index contributed by atoms with van der Waals surface area (Å²) in [5.74, 6) is -1.28. The lowest BCUT2D eigenvalue weighted by Gasteiger charge is -2.08. The minimum atomic E-state index is -3.96. The number of carbonyl (C=O) groups is 1. The molecule has 0 atom stereocenters. The van der Waals surface area contributed by atoms with Crippen molar-refractivity contribution in [1.29, 1.82) is 0 Å². The minimum absolute atomic E-state index is 0.229. The molecule has 0 aliphatic carbocycles. The molecule has 2 aromatic heterocycles. The van der Waals surface area contributed by atoms with Crippen molar-refractivity contribution in [2.75, 3.05) is 4.72 Å². The lowest BCUT2D eigenvalue weighted by atomic mass is 10.4. The molecule has 2 rings (SSSR count). The van der Waals surface area contributed by atoms with Gasteiger partial charge in [-0.3, -0.25) is 4.72 Å². The first-order valence-electron chi connectivity index (χ1n) is 4.86. The molecule has 0 spiro atoms. The molecule has 0 saturated heterocycles. The molecule has 0 aliphatic heterocycles. The van der Waals surface area contributed by atoms with Gasteiger partial charge in [0.2, 0.25) is 0 Å². The highest BCUT2D eigenvalue weighted by Crippen LogP contribution is 2.26. The SMILES string of the molecule is O=C(O)c1sccc1S(=O)(=O)Nc1cccnc1Br. The van der Waals surface area contributed by atoms with Crippen molar-refractivity contribution < 1.29 is 18.3 Å². The number of thiophene rings is 1. The van der Waals surface area contributed by atoms with Gasteiger partial charge in [-0.15, -0.1) is 11.3 Å². The number of hydrogen-bond acceptors (Lipinski definition) is 5. The standard InChI is InChI=1S/C10H7BrN2O4S2/c11-9-6(2-1-4-12-9)13-19(16,17)7-3-5-18-8(7)10(14)15/h1-5,13H,(H,14,15). The second-order valence-corrected chi connectivity index (χ2v) is 6.68. The number of nitrogens with one attached hydrogen (secondary N) is 1. The fourth-order valence-electron chi connectivity index (χ4n) is 1.33. The number of nitrogens with zero attached hydrogens (tertiary/aromatic N) is 1. The molecule has 0 radical (unpaired) electrons. The van der Waals surface area contributed by atoms with Crippen molar-refractivity contribution in [1.82, 2.24) is 4.98 Å². The highest BCUT2D eigenvalue weighted by molar-refractivity contribution is 9.10. The molecule has 19 heavy (non-hydrogen) atoms. The number of anilines is 1. The molecule has 6 nitrogen and oxygen atoms in total. The number of hydrogen-bond donors (Lipinski definition) is 2. The summed E-state index contributed by atoms with van der Waals surface area (Å²) in [4.78, 5) is 14.3. The summed E-state index contributed by atoms with van der Waals surface area (Å²) in [6.07, 6.45) is 1.50. The van der Waals surface area contributed by atoms with Crippen LogP contribution in [0.15, 0.2) is 39.3 Å². The van der Waals surface area contributed by atoms with Crippen LogP contribution in [0.3, 0.4) is 0 Å². The molecule has 9 heteroatoms. The van der Waals surface area contributed by atoms with Crippen LogP contribution in [-0.2, 0) is 10.0 Å². The van der Waals surface area contributed by atoms with E-state index in [-0.39, 0.29) is 15.5 Å². The van der Waals surface area contributed by atoms with Gasteiger partial charge in [0.15, 0.2) is 0 Å². The summed E-state index contributed by atoms with van der Waals surface area (Å²) in [7, 11) is -3.96. The van der Waals surface area contributed by atoms with Crippen LogP contribution in [0.4, 0.5) is 5.69 Å². The van der Waals surface area contributed by atoms with E-state index in [0.717, 1.165) is 11.3 Å². The molecule has 2 N–H and O–H groups in total. The fourth-order valence-corrected chi connectivity index (χ4v) is 4.14. The molecule has 2 aromatic rings. The van der Waals surface area contributed by atoms with E-state index in [4.69, 9.17) is 5.11 Å². The molecule has 0 amide bonds. The van der Waals surface area contributed by atoms with Crippen molar-refractivity contribution in [3.05, 3.63) is 39.3 Å². The van der Waals surface area contributed by atoms with Gasteiger partial charge in [0, 0.05) is 6.20 Å². The minimum Gasteiger partial charge on any atom is -0.477 e. The molecule has 0 bridgehead atoms. The van der Waals surface area contributed by atoms with Crippen LogP contribution in [-0.4, -0.2) is 24.5 Å². The maximum atomic E-state index is 12.1. The van der Waals surface area contributed by atoms with Crippen LogP contribution in [0.1, 0.15) is 9.67 Å². The topological polar surface area (TPSA) is 96.4 Å². The lowest BCUT2D eigenvalue weighted by Crippen LogP contribution is -2.15. The Bertz CT molecular complexity index is 727. The number of sulfonamides is 1. The summed E-state index contributed by atoms with van der Waals surface area (Å²) in [5.41, 5.74) is 0.241. The Kier molecular flexibility index (Phi) is 3.88. The quantitative estimate of drug-likeness (QED) is 0.814. The summed E-state index contributed by atoms with van der Waals surface area (Å²) in [5, 5.41) is 10.3. The predicted octanol–water partition coefficient (Wildman–Crippen LogP) is 2.40. The van der Waals surface area contributed by atoms with E-state index in [0.29, 0.717) is 4.60 Å².